The van der Waals surface area contributed by atoms with E-state index in [1.807, 2.05) is 54.8 Å². The number of para-hydroxylation sites is 1. The molecule has 1 aromatic carbocycles. The number of carbonyl (C=O) groups is 2. The molecule has 7 heteroatoms. The minimum Gasteiger partial charge on any atom is -0.488 e. The van der Waals surface area contributed by atoms with E-state index in [2.05, 4.69) is 5.32 Å². The van der Waals surface area contributed by atoms with Crippen molar-refractivity contribution in [3.05, 3.63) is 29.8 Å². The summed E-state index contributed by atoms with van der Waals surface area (Å²) in [5.41, 5.74) is 1.08. The Morgan fingerprint density at radius 3 is 2.54 bits per heavy atom. The number of likely N-dealkylation sites (tertiary alicyclic amines) is 1. The van der Waals surface area contributed by atoms with Crippen LogP contribution in [0.2, 0.25) is 0 Å². The molecule has 1 aliphatic heterocycles. The molecular formula is C21H33N3O4. The van der Waals surface area contributed by atoms with Crippen molar-refractivity contribution in [1.82, 2.24) is 15.1 Å². The third-order valence-electron chi connectivity index (χ3n) is 5.34. The zero-order valence-corrected chi connectivity index (χ0v) is 17.2. The fourth-order valence-electron chi connectivity index (χ4n) is 3.56. The Hall–Kier alpha value is -2.28. The number of nitrogens with zero attached hydrogens (tertiary/aromatic N) is 2. The fraction of sp³-hybridized carbons (Fsp3) is 0.619. The van der Waals surface area contributed by atoms with Crippen LogP contribution < -0.4 is 10.1 Å². The number of urea groups is 1. The van der Waals surface area contributed by atoms with Crippen LogP contribution in [-0.2, 0) is 4.79 Å². The standard InChI is InChI=1S/C21H33N3O4/c1-4-18(28-19-9-7-6-8-16(19)3)14-22-21(27)24-12-10-17(11-13-24)23(5-2)15-20(25)26/h6-9,17-18H,4-5,10-15H2,1-3H3,(H,22,27)(H,25,26). The highest BCUT2D eigenvalue weighted by molar-refractivity contribution is 5.74. The number of likely N-dealkylation sites (N-methyl/N-ethyl adjacent to an activating group) is 1. The number of nitrogens with one attached hydrogen (secondary N) is 1. The van der Waals surface area contributed by atoms with Gasteiger partial charge in [-0.3, -0.25) is 9.69 Å². The topological polar surface area (TPSA) is 82.1 Å². The number of piperidine rings is 1. The first-order valence-electron chi connectivity index (χ1n) is 10.2. The predicted octanol–water partition coefficient (Wildman–Crippen LogP) is 2.73. The van der Waals surface area contributed by atoms with Gasteiger partial charge in [-0.2, -0.15) is 0 Å². The van der Waals surface area contributed by atoms with Crippen LogP contribution in [-0.4, -0.2) is 71.8 Å². The van der Waals surface area contributed by atoms with Crippen LogP contribution in [0.1, 0.15) is 38.7 Å². The summed E-state index contributed by atoms with van der Waals surface area (Å²) in [7, 11) is 0. The second-order valence-corrected chi connectivity index (χ2v) is 7.27. The molecule has 0 radical (unpaired) electrons. The Morgan fingerprint density at radius 1 is 1.29 bits per heavy atom. The molecule has 156 valence electrons. The van der Waals surface area contributed by atoms with E-state index in [9.17, 15) is 9.59 Å². The molecule has 1 saturated heterocycles. The molecule has 1 aromatic rings. The number of hydrogen-bond acceptors (Lipinski definition) is 4. The number of amides is 2. The molecule has 2 rings (SSSR count). The number of hydrogen-bond donors (Lipinski definition) is 2. The number of rotatable bonds is 9. The molecule has 1 aliphatic rings. The lowest BCUT2D eigenvalue weighted by Crippen LogP contribution is -2.51. The van der Waals surface area contributed by atoms with E-state index < -0.39 is 5.97 Å². The van der Waals surface area contributed by atoms with Crippen molar-refractivity contribution in [2.24, 2.45) is 0 Å². The molecular weight excluding hydrogens is 358 g/mol. The number of aliphatic carboxylic acids is 1. The molecule has 0 bridgehead atoms. The van der Waals surface area contributed by atoms with Gasteiger partial charge in [0.2, 0.25) is 0 Å². The Kier molecular flexibility index (Phi) is 8.57. The fourth-order valence-corrected chi connectivity index (χ4v) is 3.56. The number of carboxylic acid groups (broad SMARTS) is 1. The van der Waals surface area contributed by atoms with Crippen molar-refractivity contribution in [1.29, 1.82) is 0 Å². The van der Waals surface area contributed by atoms with Gasteiger partial charge in [0.1, 0.15) is 11.9 Å². The molecule has 1 fully saturated rings. The summed E-state index contributed by atoms with van der Waals surface area (Å²) in [6, 6.07) is 8.02. The summed E-state index contributed by atoms with van der Waals surface area (Å²) in [4.78, 5) is 27.3. The molecule has 0 aliphatic carbocycles. The summed E-state index contributed by atoms with van der Waals surface area (Å²) in [5.74, 6) is 0.0452. The van der Waals surface area contributed by atoms with Crippen LogP contribution in [0.5, 0.6) is 5.75 Å². The number of ether oxygens (including phenoxy) is 1. The molecule has 7 nitrogen and oxygen atoms in total. The van der Waals surface area contributed by atoms with Crippen LogP contribution in [0.3, 0.4) is 0 Å². The molecule has 0 saturated carbocycles. The third kappa shape index (κ3) is 6.41. The number of carboxylic acids is 1. The van der Waals surface area contributed by atoms with Crippen LogP contribution in [0.25, 0.3) is 0 Å². The van der Waals surface area contributed by atoms with E-state index in [1.165, 1.54) is 0 Å². The van der Waals surface area contributed by atoms with Crippen molar-refractivity contribution in [2.75, 3.05) is 32.7 Å². The third-order valence-corrected chi connectivity index (χ3v) is 5.34. The second-order valence-electron chi connectivity index (χ2n) is 7.27. The van der Waals surface area contributed by atoms with Gasteiger partial charge in [-0.1, -0.05) is 32.0 Å². The average Bonchev–Trinajstić information content (AvgIpc) is 2.70. The lowest BCUT2D eigenvalue weighted by Gasteiger charge is -2.37. The van der Waals surface area contributed by atoms with Gasteiger partial charge in [0.05, 0.1) is 13.1 Å². The summed E-state index contributed by atoms with van der Waals surface area (Å²) in [6.07, 6.45) is 2.32. The lowest BCUT2D eigenvalue weighted by molar-refractivity contribution is -0.139. The Morgan fingerprint density at radius 2 is 1.96 bits per heavy atom. The maximum absolute atomic E-state index is 12.5. The average molecular weight is 392 g/mol. The first-order chi connectivity index (χ1) is 13.4. The summed E-state index contributed by atoms with van der Waals surface area (Å²) < 4.78 is 6.04. The first kappa shape index (κ1) is 22.0. The summed E-state index contributed by atoms with van der Waals surface area (Å²) >= 11 is 0. The van der Waals surface area contributed by atoms with Crippen molar-refractivity contribution < 1.29 is 19.4 Å². The zero-order valence-electron chi connectivity index (χ0n) is 17.2. The molecule has 0 spiro atoms. The molecule has 2 amide bonds. The Bertz CT molecular complexity index is 644. The van der Waals surface area contributed by atoms with E-state index >= 15 is 0 Å². The van der Waals surface area contributed by atoms with Gasteiger partial charge >= 0.3 is 12.0 Å². The number of carbonyl (C=O) groups excluding carboxylic acids is 1. The molecule has 2 N–H and O–H groups in total. The van der Waals surface area contributed by atoms with Gasteiger partial charge in [0.15, 0.2) is 0 Å². The SMILES string of the molecule is CCC(CNC(=O)N1CCC(N(CC)CC(=O)O)CC1)Oc1ccccc1C. The van der Waals surface area contributed by atoms with Gasteiger partial charge in [-0.05, 0) is 44.4 Å². The van der Waals surface area contributed by atoms with Gasteiger partial charge in [0.25, 0.3) is 0 Å². The molecule has 0 aromatic heterocycles. The highest BCUT2D eigenvalue weighted by Crippen LogP contribution is 2.19. The lowest BCUT2D eigenvalue weighted by atomic mass is 10.0. The Balaban J connectivity index is 1.78. The first-order valence-corrected chi connectivity index (χ1v) is 10.2. The van der Waals surface area contributed by atoms with E-state index in [1.54, 1.807) is 0 Å². The quantitative estimate of drug-likeness (QED) is 0.676. The maximum Gasteiger partial charge on any atom is 0.317 e. The number of benzene rings is 1. The summed E-state index contributed by atoms with van der Waals surface area (Å²) in [6.45, 7) is 8.53. The van der Waals surface area contributed by atoms with Crippen LogP contribution in [0.4, 0.5) is 4.79 Å². The van der Waals surface area contributed by atoms with Gasteiger partial charge < -0.3 is 20.1 Å². The molecule has 28 heavy (non-hydrogen) atoms. The van der Waals surface area contributed by atoms with Crippen LogP contribution >= 0.6 is 0 Å². The minimum absolute atomic E-state index is 0.0573. The van der Waals surface area contributed by atoms with Crippen molar-refractivity contribution >= 4 is 12.0 Å². The van der Waals surface area contributed by atoms with Crippen molar-refractivity contribution in [3.8, 4) is 5.75 Å². The van der Waals surface area contributed by atoms with E-state index in [-0.39, 0.29) is 24.7 Å². The minimum atomic E-state index is -0.804. The van der Waals surface area contributed by atoms with Crippen LogP contribution in [0.15, 0.2) is 24.3 Å². The molecule has 1 heterocycles. The van der Waals surface area contributed by atoms with E-state index in [0.29, 0.717) is 26.2 Å². The van der Waals surface area contributed by atoms with Crippen LogP contribution in [0, 0.1) is 6.92 Å². The van der Waals surface area contributed by atoms with Crippen molar-refractivity contribution in [2.45, 2.75) is 52.2 Å². The number of aryl methyl sites for hydroxylation is 1. The van der Waals surface area contributed by atoms with Crippen molar-refractivity contribution in [3.63, 3.8) is 0 Å². The second kappa shape index (κ2) is 10.9. The Labute approximate surface area is 167 Å². The normalized spacial score (nSPS) is 16.1. The van der Waals surface area contributed by atoms with Gasteiger partial charge in [0, 0.05) is 19.1 Å². The smallest absolute Gasteiger partial charge is 0.317 e. The largest absolute Gasteiger partial charge is 0.488 e. The molecule has 1 unspecified atom stereocenters. The maximum atomic E-state index is 12.5. The highest BCUT2D eigenvalue weighted by Gasteiger charge is 2.27. The highest BCUT2D eigenvalue weighted by atomic mass is 16.5. The van der Waals surface area contributed by atoms with Gasteiger partial charge in [-0.15, -0.1) is 0 Å². The molecule has 1 atom stereocenters. The summed E-state index contributed by atoms with van der Waals surface area (Å²) in [5, 5.41) is 12.0. The zero-order chi connectivity index (χ0) is 20.5. The van der Waals surface area contributed by atoms with Gasteiger partial charge in [-0.25, -0.2) is 4.79 Å². The van der Waals surface area contributed by atoms with E-state index in [0.717, 1.165) is 30.6 Å². The monoisotopic (exact) mass is 391 g/mol. The predicted molar refractivity (Wildman–Crippen MR) is 109 cm³/mol. The van der Waals surface area contributed by atoms with E-state index in [4.69, 9.17) is 9.84 Å².